The zero-order chi connectivity index (χ0) is 12.3. The summed E-state index contributed by atoms with van der Waals surface area (Å²) in [6, 6.07) is 6.27. The van der Waals surface area contributed by atoms with Crippen LogP contribution in [0.2, 0.25) is 5.15 Å². The number of hydrogen-bond donors (Lipinski definition) is 2. The van der Waals surface area contributed by atoms with Crippen molar-refractivity contribution in [2.45, 2.75) is 6.42 Å². The maximum Gasteiger partial charge on any atom is 0.150 e. The molecule has 0 aliphatic carbocycles. The normalized spacial score (nSPS) is 10.8. The van der Waals surface area contributed by atoms with E-state index in [0.717, 1.165) is 18.7 Å². The number of H-pyrrole nitrogens is 1. The van der Waals surface area contributed by atoms with E-state index in [4.69, 9.17) is 11.6 Å². The summed E-state index contributed by atoms with van der Waals surface area (Å²) in [5.74, 6) is 0.312. The molecular weight excluding hydrogens is 241 g/mol. The minimum Gasteiger partial charge on any atom is -0.341 e. The Bertz CT molecular complexity index is 510. The Morgan fingerprint density at radius 3 is 3.00 bits per heavy atom. The first-order chi connectivity index (χ1) is 8.20. The van der Waals surface area contributed by atoms with Gasteiger partial charge in [-0.1, -0.05) is 23.7 Å². The topological polar surface area (TPSA) is 40.7 Å². The first-order valence-electron chi connectivity index (χ1n) is 5.35. The highest BCUT2D eigenvalue weighted by Crippen LogP contribution is 2.22. The predicted octanol–water partition coefficient (Wildman–Crippen LogP) is 2.63. The van der Waals surface area contributed by atoms with E-state index in [-0.39, 0.29) is 5.82 Å². The van der Waals surface area contributed by atoms with Gasteiger partial charge in [0.25, 0.3) is 0 Å². The fourth-order valence-corrected chi connectivity index (χ4v) is 1.80. The maximum atomic E-state index is 13.1. The lowest BCUT2D eigenvalue weighted by Crippen LogP contribution is -2.10. The summed E-state index contributed by atoms with van der Waals surface area (Å²) in [7, 11) is 1.87. The van der Waals surface area contributed by atoms with Gasteiger partial charge in [0.15, 0.2) is 5.15 Å². The predicted molar refractivity (Wildman–Crippen MR) is 66.6 cm³/mol. The van der Waals surface area contributed by atoms with E-state index in [2.05, 4.69) is 15.3 Å². The molecule has 2 aromatic rings. The van der Waals surface area contributed by atoms with Gasteiger partial charge >= 0.3 is 0 Å². The zero-order valence-electron chi connectivity index (χ0n) is 9.43. The first-order valence-corrected chi connectivity index (χ1v) is 5.73. The van der Waals surface area contributed by atoms with Crippen molar-refractivity contribution in [3.8, 4) is 11.4 Å². The van der Waals surface area contributed by atoms with Crippen molar-refractivity contribution in [2.24, 2.45) is 0 Å². The molecule has 0 unspecified atom stereocenters. The molecule has 0 spiro atoms. The van der Waals surface area contributed by atoms with Crippen molar-refractivity contribution < 1.29 is 4.39 Å². The highest BCUT2D eigenvalue weighted by Gasteiger charge is 2.09. The van der Waals surface area contributed by atoms with Crippen LogP contribution >= 0.6 is 11.6 Å². The number of aromatic nitrogens is 2. The third-order valence-electron chi connectivity index (χ3n) is 2.45. The van der Waals surface area contributed by atoms with Gasteiger partial charge in [-0.3, -0.25) is 0 Å². The van der Waals surface area contributed by atoms with Crippen molar-refractivity contribution in [2.75, 3.05) is 13.6 Å². The molecule has 1 aromatic carbocycles. The standard InChI is InChI=1S/C12H13ClFN3/c1-15-6-5-10-11(13)17-12(16-10)8-3-2-4-9(14)7-8/h2-4,7,15H,5-6H2,1H3,(H,16,17). The van der Waals surface area contributed by atoms with Crippen molar-refractivity contribution in [3.05, 3.63) is 40.9 Å². The molecule has 90 valence electrons. The van der Waals surface area contributed by atoms with E-state index < -0.39 is 0 Å². The molecule has 0 fully saturated rings. The molecule has 0 aliphatic heterocycles. The fraction of sp³-hybridized carbons (Fsp3) is 0.250. The number of likely N-dealkylation sites (N-methyl/N-ethyl adjacent to an activating group) is 1. The third-order valence-corrected chi connectivity index (χ3v) is 2.76. The summed E-state index contributed by atoms with van der Waals surface area (Å²) in [6.45, 7) is 0.810. The molecule has 0 amide bonds. The number of halogens is 2. The van der Waals surface area contributed by atoms with Crippen LogP contribution in [-0.4, -0.2) is 23.6 Å². The van der Waals surface area contributed by atoms with Crippen LogP contribution in [-0.2, 0) is 6.42 Å². The van der Waals surface area contributed by atoms with Crippen molar-refractivity contribution >= 4 is 11.6 Å². The third kappa shape index (κ3) is 2.84. The molecule has 0 saturated carbocycles. The maximum absolute atomic E-state index is 13.1. The Hall–Kier alpha value is -1.39. The number of rotatable bonds is 4. The first kappa shape index (κ1) is 12.1. The second kappa shape index (κ2) is 5.29. The minimum atomic E-state index is -0.285. The van der Waals surface area contributed by atoms with E-state index >= 15 is 0 Å². The smallest absolute Gasteiger partial charge is 0.150 e. The molecule has 0 radical (unpaired) electrons. The Morgan fingerprint density at radius 1 is 1.47 bits per heavy atom. The summed E-state index contributed by atoms with van der Waals surface area (Å²) in [6.07, 6.45) is 0.762. The summed E-state index contributed by atoms with van der Waals surface area (Å²) in [5, 5.41) is 3.48. The van der Waals surface area contributed by atoms with Gasteiger partial charge in [-0.25, -0.2) is 9.37 Å². The molecular formula is C12H13ClFN3. The Morgan fingerprint density at radius 2 is 2.29 bits per heavy atom. The van der Waals surface area contributed by atoms with Crippen LogP contribution in [0.25, 0.3) is 11.4 Å². The van der Waals surface area contributed by atoms with Gasteiger partial charge in [-0.2, -0.15) is 0 Å². The van der Waals surface area contributed by atoms with Crippen LogP contribution in [0.5, 0.6) is 0 Å². The van der Waals surface area contributed by atoms with E-state index in [1.807, 2.05) is 7.05 Å². The molecule has 1 aromatic heterocycles. The summed E-state index contributed by atoms with van der Waals surface area (Å²) >= 11 is 6.01. The van der Waals surface area contributed by atoms with Crippen LogP contribution in [0.1, 0.15) is 5.69 Å². The van der Waals surface area contributed by atoms with Crippen LogP contribution in [0, 0.1) is 5.82 Å². The van der Waals surface area contributed by atoms with E-state index in [1.54, 1.807) is 12.1 Å². The van der Waals surface area contributed by atoms with Gasteiger partial charge < -0.3 is 10.3 Å². The Labute approximate surface area is 104 Å². The van der Waals surface area contributed by atoms with Crippen LogP contribution in [0.15, 0.2) is 24.3 Å². The van der Waals surface area contributed by atoms with Crippen molar-refractivity contribution in [1.82, 2.24) is 15.3 Å². The van der Waals surface area contributed by atoms with E-state index in [0.29, 0.717) is 16.5 Å². The summed E-state index contributed by atoms with van der Waals surface area (Å²) in [5.41, 5.74) is 1.56. The Kier molecular flexibility index (Phi) is 3.76. The van der Waals surface area contributed by atoms with Gasteiger partial charge in [-0.05, 0) is 19.2 Å². The average molecular weight is 254 g/mol. The molecule has 5 heteroatoms. The van der Waals surface area contributed by atoms with Crippen molar-refractivity contribution in [1.29, 1.82) is 0 Å². The molecule has 0 atom stereocenters. The molecule has 0 aliphatic rings. The zero-order valence-corrected chi connectivity index (χ0v) is 10.2. The van der Waals surface area contributed by atoms with Crippen LogP contribution in [0.4, 0.5) is 4.39 Å². The van der Waals surface area contributed by atoms with Crippen LogP contribution in [0.3, 0.4) is 0 Å². The molecule has 0 bridgehead atoms. The number of imidazole rings is 1. The highest BCUT2D eigenvalue weighted by molar-refractivity contribution is 6.30. The molecule has 1 heterocycles. The quantitative estimate of drug-likeness (QED) is 0.880. The van der Waals surface area contributed by atoms with Crippen LogP contribution < -0.4 is 5.32 Å². The second-order valence-electron chi connectivity index (χ2n) is 3.72. The lowest BCUT2D eigenvalue weighted by Gasteiger charge is -1.97. The lowest BCUT2D eigenvalue weighted by atomic mass is 10.2. The monoisotopic (exact) mass is 253 g/mol. The lowest BCUT2D eigenvalue weighted by molar-refractivity contribution is 0.628. The summed E-state index contributed by atoms with van der Waals surface area (Å²) in [4.78, 5) is 7.30. The number of hydrogen-bond acceptors (Lipinski definition) is 2. The summed E-state index contributed by atoms with van der Waals surface area (Å²) < 4.78 is 13.1. The second-order valence-corrected chi connectivity index (χ2v) is 4.08. The largest absolute Gasteiger partial charge is 0.341 e. The fourth-order valence-electron chi connectivity index (χ4n) is 1.58. The molecule has 2 N–H and O–H groups in total. The van der Waals surface area contributed by atoms with Crippen molar-refractivity contribution in [3.63, 3.8) is 0 Å². The van der Waals surface area contributed by atoms with Gasteiger partial charge in [0.2, 0.25) is 0 Å². The van der Waals surface area contributed by atoms with Gasteiger partial charge in [0, 0.05) is 18.5 Å². The molecule has 3 nitrogen and oxygen atoms in total. The molecule has 0 saturated heterocycles. The molecule has 2 rings (SSSR count). The van der Waals surface area contributed by atoms with E-state index in [1.165, 1.54) is 12.1 Å². The van der Waals surface area contributed by atoms with Gasteiger partial charge in [0.05, 0.1) is 5.69 Å². The Balaban J connectivity index is 2.28. The average Bonchev–Trinajstić information content (AvgIpc) is 2.68. The highest BCUT2D eigenvalue weighted by atomic mass is 35.5. The number of nitrogens with one attached hydrogen (secondary N) is 2. The van der Waals surface area contributed by atoms with Gasteiger partial charge in [-0.15, -0.1) is 0 Å². The molecule has 17 heavy (non-hydrogen) atoms. The minimum absolute atomic E-state index is 0.285. The SMILES string of the molecule is CNCCc1[nH]c(-c2cccc(F)c2)nc1Cl. The number of nitrogens with zero attached hydrogens (tertiary/aromatic N) is 1. The van der Waals surface area contributed by atoms with Gasteiger partial charge in [0.1, 0.15) is 11.6 Å². The number of aromatic amines is 1. The van der Waals surface area contributed by atoms with E-state index in [9.17, 15) is 4.39 Å². The number of benzene rings is 1.